The topological polar surface area (TPSA) is 17.3 Å². The van der Waals surface area contributed by atoms with Gasteiger partial charge in [-0.2, -0.15) is 0 Å². The minimum absolute atomic E-state index is 0.808. The molecule has 0 spiro atoms. The molecule has 136 valence electrons. The van der Waals surface area contributed by atoms with Gasteiger partial charge in [-0.1, -0.05) is 54.6 Å². The molecule has 0 fully saturated rings. The molecule has 1 heterocycles. The fourth-order valence-electron chi connectivity index (χ4n) is 3.57. The van der Waals surface area contributed by atoms with Crippen LogP contribution in [0, 0.1) is 0 Å². The molecule has 2 nitrogen and oxygen atoms in total. The zero-order valence-electron chi connectivity index (χ0n) is 16.3. The van der Waals surface area contributed by atoms with E-state index in [-0.39, 0.29) is 0 Å². The van der Waals surface area contributed by atoms with Gasteiger partial charge in [0.1, 0.15) is 0 Å². The summed E-state index contributed by atoms with van der Waals surface area (Å²) >= 11 is 0. The maximum absolute atomic E-state index is 4.43. The van der Waals surface area contributed by atoms with Gasteiger partial charge in [0, 0.05) is 41.4 Å². The lowest BCUT2D eigenvalue weighted by molar-refractivity contribution is 1.00. The van der Waals surface area contributed by atoms with E-state index in [0.29, 0.717) is 0 Å². The Hall–Kier alpha value is -3.13. The van der Waals surface area contributed by atoms with Crippen LogP contribution in [0.15, 0.2) is 84.4 Å². The van der Waals surface area contributed by atoms with Crippen LogP contribution >= 0.6 is 0 Å². The van der Waals surface area contributed by atoms with E-state index in [1.165, 1.54) is 22.2 Å². The third-order valence-corrected chi connectivity index (χ3v) is 4.65. The number of para-hydroxylation sites is 1. The van der Waals surface area contributed by atoms with Gasteiger partial charge in [-0.3, -0.25) is 4.99 Å². The van der Waals surface area contributed by atoms with Crippen LogP contribution in [0.4, 0.5) is 0 Å². The molecule has 0 aliphatic rings. The molecule has 3 rings (SSSR count). The highest BCUT2D eigenvalue weighted by atomic mass is 15.0. The Labute approximate surface area is 161 Å². The predicted molar refractivity (Wildman–Crippen MR) is 119 cm³/mol. The summed E-state index contributed by atoms with van der Waals surface area (Å²) in [4.78, 5) is 4.43. The molecule has 0 radical (unpaired) electrons. The van der Waals surface area contributed by atoms with Gasteiger partial charge in [0.2, 0.25) is 0 Å². The second kappa shape index (κ2) is 8.50. The maximum Gasteiger partial charge on any atom is 0.0640 e. The first-order chi connectivity index (χ1) is 13.2. The van der Waals surface area contributed by atoms with Crippen molar-refractivity contribution in [3.05, 3.63) is 96.2 Å². The second-order valence-corrected chi connectivity index (χ2v) is 6.36. The van der Waals surface area contributed by atoms with E-state index in [4.69, 9.17) is 0 Å². The largest absolute Gasteiger partial charge is 0.313 e. The van der Waals surface area contributed by atoms with E-state index in [0.717, 1.165) is 23.4 Å². The average molecular weight is 354 g/mol. The van der Waals surface area contributed by atoms with E-state index in [1.54, 1.807) is 0 Å². The molecule has 27 heavy (non-hydrogen) atoms. The van der Waals surface area contributed by atoms with Crippen molar-refractivity contribution in [2.75, 3.05) is 7.05 Å². The smallest absolute Gasteiger partial charge is 0.0640 e. The highest BCUT2D eigenvalue weighted by Gasteiger charge is 2.16. The van der Waals surface area contributed by atoms with Gasteiger partial charge < -0.3 is 4.57 Å². The molecule has 0 amide bonds. The van der Waals surface area contributed by atoms with Crippen LogP contribution in [0.25, 0.3) is 22.7 Å². The van der Waals surface area contributed by atoms with Crippen LogP contribution in [0.2, 0.25) is 0 Å². The molecule has 0 N–H and O–H groups in total. The molecular formula is C25H26N2. The Bertz CT molecular complexity index is 1050. The van der Waals surface area contributed by atoms with Crippen LogP contribution in [-0.4, -0.2) is 17.3 Å². The lowest BCUT2D eigenvalue weighted by Crippen LogP contribution is -2.03. The third kappa shape index (κ3) is 3.56. The van der Waals surface area contributed by atoms with Crippen molar-refractivity contribution in [3.8, 4) is 5.69 Å². The van der Waals surface area contributed by atoms with Crippen LogP contribution in [0.1, 0.15) is 30.7 Å². The van der Waals surface area contributed by atoms with Crippen LogP contribution in [-0.2, 0) is 6.42 Å². The van der Waals surface area contributed by atoms with Crippen LogP contribution in [0.3, 0.4) is 0 Å². The minimum atomic E-state index is 0.808. The Morgan fingerprint density at radius 1 is 1.07 bits per heavy atom. The highest BCUT2D eigenvalue weighted by molar-refractivity contribution is 6.09. The third-order valence-electron chi connectivity index (χ3n) is 4.65. The number of rotatable bonds is 6. The fraction of sp³-hybridized carbons (Fsp3) is 0.160. The lowest BCUT2D eigenvalue weighted by Gasteiger charge is -2.12. The van der Waals surface area contributed by atoms with Gasteiger partial charge in [0.25, 0.3) is 0 Å². The summed E-state index contributed by atoms with van der Waals surface area (Å²) in [6.45, 7) is 8.05. The summed E-state index contributed by atoms with van der Waals surface area (Å²) in [7, 11) is 1.83. The molecule has 0 saturated carbocycles. The van der Waals surface area contributed by atoms with Crippen LogP contribution < -0.4 is 0 Å². The van der Waals surface area contributed by atoms with E-state index >= 15 is 0 Å². The average Bonchev–Trinajstić information content (AvgIpc) is 3.00. The number of allylic oxidation sites excluding steroid dienone is 4. The molecule has 0 aliphatic heterocycles. The van der Waals surface area contributed by atoms with E-state index < -0.39 is 0 Å². The van der Waals surface area contributed by atoms with Crippen molar-refractivity contribution >= 4 is 22.7 Å². The Balaban J connectivity index is 2.31. The molecule has 1 aromatic heterocycles. The van der Waals surface area contributed by atoms with Crippen molar-refractivity contribution < 1.29 is 0 Å². The first-order valence-electron chi connectivity index (χ1n) is 9.31. The SMILES string of the molecule is C=CCc1c(/C=C\C)c2ccccc2n1-c1cccc(C(/C=C\C)=NC)c1. The molecule has 0 unspecified atom stereocenters. The van der Waals surface area contributed by atoms with Gasteiger partial charge in [0.05, 0.1) is 11.2 Å². The Morgan fingerprint density at radius 2 is 1.89 bits per heavy atom. The van der Waals surface area contributed by atoms with Crippen LogP contribution in [0.5, 0.6) is 0 Å². The summed E-state index contributed by atoms with van der Waals surface area (Å²) in [5, 5.41) is 1.26. The minimum Gasteiger partial charge on any atom is -0.313 e. The number of hydrogen-bond donors (Lipinski definition) is 0. The first-order valence-corrected chi connectivity index (χ1v) is 9.31. The predicted octanol–water partition coefficient (Wildman–Crippen LogP) is 6.39. The molecule has 0 saturated heterocycles. The number of fused-ring (bicyclic) bond motifs is 1. The number of aromatic nitrogens is 1. The second-order valence-electron chi connectivity index (χ2n) is 6.36. The van der Waals surface area contributed by atoms with Crippen molar-refractivity contribution in [3.63, 3.8) is 0 Å². The summed E-state index contributed by atoms with van der Waals surface area (Å²) in [6.07, 6.45) is 11.1. The first kappa shape index (κ1) is 18.7. The summed E-state index contributed by atoms with van der Waals surface area (Å²) in [5.41, 5.74) is 6.96. The Kier molecular flexibility index (Phi) is 5.87. The monoisotopic (exact) mass is 354 g/mol. The number of benzene rings is 2. The fourth-order valence-corrected chi connectivity index (χ4v) is 3.57. The quantitative estimate of drug-likeness (QED) is 0.361. The maximum atomic E-state index is 4.43. The Morgan fingerprint density at radius 3 is 2.59 bits per heavy atom. The standard InChI is InChI=1S/C25H26N2/c1-5-11-21-22-16-8-9-17-25(22)27(24(21)13-7-3)20-15-10-14-19(18-20)23(26-4)12-6-2/h5-12,14-18H,3,13H2,1-2,4H3/b11-5-,12-6-,26-23?. The molecule has 2 heteroatoms. The zero-order chi connectivity index (χ0) is 19.2. The van der Waals surface area contributed by atoms with E-state index in [2.05, 4.69) is 83.7 Å². The summed E-state index contributed by atoms with van der Waals surface area (Å²) in [5.74, 6) is 0. The summed E-state index contributed by atoms with van der Waals surface area (Å²) < 4.78 is 2.35. The number of aliphatic imine (C=N–C) groups is 1. The number of hydrogen-bond acceptors (Lipinski definition) is 1. The molecule has 0 aliphatic carbocycles. The molecule has 0 atom stereocenters. The zero-order valence-corrected chi connectivity index (χ0v) is 16.3. The van der Waals surface area contributed by atoms with Crippen molar-refractivity contribution in [1.29, 1.82) is 0 Å². The van der Waals surface area contributed by atoms with Gasteiger partial charge in [-0.05, 0) is 38.1 Å². The highest BCUT2D eigenvalue weighted by Crippen LogP contribution is 2.31. The van der Waals surface area contributed by atoms with Gasteiger partial charge in [0.15, 0.2) is 0 Å². The number of nitrogens with zero attached hydrogens (tertiary/aromatic N) is 2. The van der Waals surface area contributed by atoms with Crippen molar-refractivity contribution in [2.45, 2.75) is 20.3 Å². The lowest BCUT2D eigenvalue weighted by atomic mass is 10.1. The van der Waals surface area contributed by atoms with E-state index in [1.807, 2.05) is 32.2 Å². The van der Waals surface area contributed by atoms with Gasteiger partial charge >= 0.3 is 0 Å². The van der Waals surface area contributed by atoms with Crippen molar-refractivity contribution in [2.24, 2.45) is 4.99 Å². The summed E-state index contributed by atoms with van der Waals surface area (Å²) in [6, 6.07) is 17.1. The molecular weight excluding hydrogens is 328 g/mol. The van der Waals surface area contributed by atoms with Gasteiger partial charge in [-0.15, -0.1) is 6.58 Å². The normalized spacial score (nSPS) is 12.5. The van der Waals surface area contributed by atoms with Gasteiger partial charge in [-0.25, -0.2) is 0 Å². The molecule has 2 aromatic carbocycles. The molecule has 3 aromatic rings. The molecule has 0 bridgehead atoms. The van der Waals surface area contributed by atoms with Crippen molar-refractivity contribution in [1.82, 2.24) is 4.57 Å². The van der Waals surface area contributed by atoms with E-state index in [9.17, 15) is 0 Å².